The maximum atomic E-state index is 12.2. The lowest BCUT2D eigenvalue weighted by molar-refractivity contribution is -0.121. The van der Waals surface area contributed by atoms with E-state index < -0.39 is 0 Å². The third-order valence-corrected chi connectivity index (χ3v) is 5.51. The van der Waals surface area contributed by atoms with Gasteiger partial charge in [-0.25, -0.2) is 0 Å². The minimum atomic E-state index is -0.110. The van der Waals surface area contributed by atoms with Crippen molar-refractivity contribution >= 4 is 30.1 Å². The first kappa shape index (κ1) is 23.1. The van der Waals surface area contributed by atoms with Crippen LogP contribution in [0, 0.1) is 5.92 Å². The molecule has 0 saturated carbocycles. The van der Waals surface area contributed by atoms with Crippen LogP contribution in [0.5, 0.6) is 5.75 Å². The van der Waals surface area contributed by atoms with Crippen molar-refractivity contribution < 1.29 is 9.53 Å². The Kier molecular flexibility index (Phi) is 9.83. The van der Waals surface area contributed by atoms with Crippen molar-refractivity contribution in [2.75, 3.05) is 31.2 Å². The molecule has 0 aromatic heterocycles. The van der Waals surface area contributed by atoms with Gasteiger partial charge in [0, 0.05) is 42.5 Å². The summed E-state index contributed by atoms with van der Waals surface area (Å²) in [6, 6.07) is 8.54. The summed E-state index contributed by atoms with van der Waals surface area (Å²) in [5.74, 6) is 3.71. The number of halogens is 1. The maximum absolute atomic E-state index is 12.2. The number of benzene rings is 1. The van der Waals surface area contributed by atoms with Gasteiger partial charge in [0.2, 0.25) is 5.91 Å². The molecule has 0 radical (unpaired) electrons. The Labute approximate surface area is 168 Å². The molecule has 4 nitrogen and oxygen atoms in total. The minimum Gasteiger partial charge on any atom is -0.493 e. The van der Waals surface area contributed by atoms with Crippen LogP contribution in [0.3, 0.4) is 0 Å². The minimum absolute atomic E-state index is 0. The summed E-state index contributed by atoms with van der Waals surface area (Å²) < 4.78 is 5.74. The second-order valence-electron chi connectivity index (χ2n) is 7.82. The van der Waals surface area contributed by atoms with Crippen LogP contribution in [0.4, 0.5) is 0 Å². The van der Waals surface area contributed by atoms with Crippen molar-refractivity contribution in [2.24, 2.45) is 5.92 Å². The Morgan fingerprint density at radius 2 is 2.04 bits per heavy atom. The average molecular weight is 401 g/mol. The number of carbonyl (C=O) groups is 1. The summed E-state index contributed by atoms with van der Waals surface area (Å²) in [7, 11) is 0. The Bertz CT molecular complexity index is 543. The van der Waals surface area contributed by atoms with E-state index in [0.29, 0.717) is 24.9 Å². The zero-order chi connectivity index (χ0) is 18.3. The van der Waals surface area contributed by atoms with E-state index in [-0.39, 0.29) is 23.7 Å². The van der Waals surface area contributed by atoms with Gasteiger partial charge >= 0.3 is 0 Å². The molecule has 1 unspecified atom stereocenters. The summed E-state index contributed by atoms with van der Waals surface area (Å²) >= 11 is 1.92. The lowest BCUT2D eigenvalue weighted by Gasteiger charge is -2.27. The first-order valence-electron chi connectivity index (χ1n) is 9.18. The zero-order valence-electron chi connectivity index (χ0n) is 16.3. The van der Waals surface area contributed by atoms with Crippen molar-refractivity contribution in [1.29, 1.82) is 0 Å². The van der Waals surface area contributed by atoms with Gasteiger partial charge in [0.25, 0.3) is 0 Å². The Morgan fingerprint density at radius 3 is 2.62 bits per heavy atom. The predicted molar refractivity (Wildman–Crippen MR) is 114 cm³/mol. The van der Waals surface area contributed by atoms with Crippen molar-refractivity contribution in [1.82, 2.24) is 10.6 Å². The standard InChI is InChI=1S/C20H32N2O2S.ClH/c1-15(2)12-24-18-7-5-16(6-8-18)20(3,4)14-22-19(23)11-17-13-25-10-9-21-17;/h5-8,15,17,21H,9-14H2,1-4H3,(H,22,23);1H. The fourth-order valence-corrected chi connectivity index (χ4v) is 3.68. The smallest absolute Gasteiger partial charge is 0.221 e. The van der Waals surface area contributed by atoms with Gasteiger partial charge in [-0.05, 0) is 23.6 Å². The summed E-state index contributed by atoms with van der Waals surface area (Å²) in [6.45, 7) is 11.0. The quantitative estimate of drug-likeness (QED) is 0.699. The molecule has 2 rings (SSSR count). The zero-order valence-corrected chi connectivity index (χ0v) is 18.0. The molecular weight excluding hydrogens is 368 g/mol. The van der Waals surface area contributed by atoms with E-state index in [1.807, 2.05) is 23.9 Å². The van der Waals surface area contributed by atoms with Crippen LogP contribution < -0.4 is 15.4 Å². The third-order valence-electron chi connectivity index (χ3n) is 4.38. The van der Waals surface area contributed by atoms with E-state index in [1.54, 1.807) is 0 Å². The van der Waals surface area contributed by atoms with Gasteiger partial charge < -0.3 is 15.4 Å². The van der Waals surface area contributed by atoms with Gasteiger partial charge in [-0.15, -0.1) is 12.4 Å². The lowest BCUT2D eigenvalue weighted by Crippen LogP contribution is -2.43. The second-order valence-corrected chi connectivity index (χ2v) is 8.97. The molecule has 1 aromatic rings. The van der Waals surface area contributed by atoms with E-state index in [9.17, 15) is 4.79 Å². The van der Waals surface area contributed by atoms with Crippen molar-refractivity contribution in [2.45, 2.75) is 45.6 Å². The fraction of sp³-hybridized carbons (Fsp3) is 0.650. The Hall–Kier alpha value is -0.910. The first-order chi connectivity index (χ1) is 11.9. The molecule has 1 heterocycles. The van der Waals surface area contributed by atoms with Crippen LogP contribution in [0.2, 0.25) is 0 Å². The summed E-state index contributed by atoms with van der Waals surface area (Å²) in [5.41, 5.74) is 1.09. The van der Waals surface area contributed by atoms with E-state index in [2.05, 4.69) is 50.5 Å². The number of ether oxygens (including phenoxy) is 1. The SMILES string of the molecule is CC(C)COc1ccc(C(C)(C)CNC(=O)CC2CSCCN2)cc1.Cl. The highest BCUT2D eigenvalue weighted by Gasteiger charge is 2.23. The first-order valence-corrected chi connectivity index (χ1v) is 10.3. The molecule has 0 aliphatic carbocycles. The highest BCUT2D eigenvalue weighted by Crippen LogP contribution is 2.25. The van der Waals surface area contributed by atoms with Crippen LogP contribution >= 0.6 is 24.2 Å². The molecule has 2 N–H and O–H groups in total. The Morgan fingerprint density at radius 1 is 1.35 bits per heavy atom. The molecule has 1 saturated heterocycles. The molecule has 1 aliphatic rings. The van der Waals surface area contributed by atoms with Crippen molar-refractivity contribution in [3.05, 3.63) is 29.8 Å². The van der Waals surface area contributed by atoms with Gasteiger partial charge in [-0.1, -0.05) is 39.8 Å². The fourth-order valence-electron chi connectivity index (χ4n) is 2.73. The molecule has 6 heteroatoms. The van der Waals surface area contributed by atoms with Gasteiger partial charge in [0.1, 0.15) is 5.75 Å². The monoisotopic (exact) mass is 400 g/mol. The highest BCUT2D eigenvalue weighted by atomic mass is 35.5. The highest BCUT2D eigenvalue weighted by molar-refractivity contribution is 7.99. The molecule has 0 spiro atoms. The average Bonchev–Trinajstić information content (AvgIpc) is 2.59. The van der Waals surface area contributed by atoms with Crippen LogP contribution in [-0.2, 0) is 10.2 Å². The molecule has 148 valence electrons. The maximum Gasteiger partial charge on any atom is 0.221 e. The number of amides is 1. The largest absolute Gasteiger partial charge is 0.493 e. The number of hydrogen-bond acceptors (Lipinski definition) is 4. The normalized spacial score (nSPS) is 17.5. The van der Waals surface area contributed by atoms with Crippen molar-refractivity contribution in [3.8, 4) is 5.75 Å². The molecule has 1 aliphatic heterocycles. The molecule has 26 heavy (non-hydrogen) atoms. The number of rotatable bonds is 8. The van der Waals surface area contributed by atoms with Crippen LogP contribution in [0.15, 0.2) is 24.3 Å². The predicted octanol–water partition coefficient (Wildman–Crippen LogP) is 3.63. The van der Waals surface area contributed by atoms with Gasteiger partial charge in [-0.3, -0.25) is 4.79 Å². The lowest BCUT2D eigenvalue weighted by atomic mass is 9.84. The molecule has 0 bridgehead atoms. The topological polar surface area (TPSA) is 50.4 Å². The number of nitrogens with one attached hydrogen (secondary N) is 2. The molecule has 1 fully saturated rings. The number of thioether (sulfide) groups is 1. The number of carbonyl (C=O) groups excluding carboxylic acids is 1. The van der Waals surface area contributed by atoms with E-state index in [0.717, 1.165) is 30.4 Å². The van der Waals surface area contributed by atoms with E-state index >= 15 is 0 Å². The third kappa shape index (κ3) is 7.77. The molecule has 1 amide bonds. The summed E-state index contributed by atoms with van der Waals surface area (Å²) in [4.78, 5) is 12.2. The van der Waals surface area contributed by atoms with E-state index in [4.69, 9.17) is 4.74 Å². The van der Waals surface area contributed by atoms with Crippen LogP contribution in [0.25, 0.3) is 0 Å². The van der Waals surface area contributed by atoms with Crippen LogP contribution in [-0.4, -0.2) is 43.2 Å². The van der Waals surface area contributed by atoms with E-state index in [1.165, 1.54) is 5.56 Å². The Balaban J connectivity index is 0.00000338. The van der Waals surface area contributed by atoms with Crippen LogP contribution in [0.1, 0.15) is 39.7 Å². The molecule has 1 aromatic carbocycles. The summed E-state index contributed by atoms with van der Waals surface area (Å²) in [6.07, 6.45) is 0.561. The summed E-state index contributed by atoms with van der Waals surface area (Å²) in [5, 5.41) is 6.51. The molecular formula is C20H33ClN2O2S. The van der Waals surface area contributed by atoms with Gasteiger partial charge in [0.05, 0.1) is 6.61 Å². The van der Waals surface area contributed by atoms with Crippen molar-refractivity contribution in [3.63, 3.8) is 0 Å². The second kappa shape index (κ2) is 11.1. The number of hydrogen-bond donors (Lipinski definition) is 2. The van der Waals surface area contributed by atoms with Gasteiger partial charge in [0.15, 0.2) is 0 Å². The van der Waals surface area contributed by atoms with Gasteiger partial charge in [-0.2, -0.15) is 11.8 Å². The molecule has 1 atom stereocenters.